The molecule has 2 aromatic rings. The van der Waals surface area contributed by atoms with E-state index in [4.69, 9.17) is 0 Å². The topological polar surface area (TPSA) is 66.9 Å². The Morgan fingerprint density at radius 1 is 1.18 bits per heavy atom. The summed E-state index contributed by atoms with van der Waals surface area (Å²) in [4.78, 5) is 24.8. The molecule has 1 aromatic heterocycles. The van der Waals surface area contributed by atoms with Crippen LogP contribution in [0.25, 0.3) is 5.69 Å². The fourth-order valence-corrected chi connectivity index (χ4v) is 2.05. The zero-order valence-electron chi connectivity index (χ0n) is 9.06. The average Bonchev–Trinajstić information content (AvgIpc) is 2.75. The molecule has 1 aliphatic rings. The molecular weight excluding hydrogens is 218 g/mol. The van der Waals surface area contributed by atoms with E-state index in [2.05, 4.69) is 10.3 Å². The molecule has 0 spiro atoms. The number of nitrogens with zero attached hydrogens (tertiary/aromatic N) is 1. The second-order valence-corrected chi connectivity index (χ2v) is 4.00. The van der Waals surface area contributed by atoms with E-state index in [9.17, 15) is 9.59 Å². The predicted octanol–water partition coefficient (Wildman–Crippen LogP) is 0.494. The van der Waals surface area contributed by atoms with Gasteiger partial charge in [0.15, 0.2) is 0 Å². The van der Waals surface area contributed by atoms with Gasteiger partial charge < -0.3 is 5.32 Å². The fraction of sp³-hybridized carbons (Fsp3) is 0.167. The molecule has 1 aromatic carbocycles. The van der Waals surface area contributed by atoms with Crippen LogP contribution in [0.4, 0.5) is 5.69 Å². The van der Waals surface area contributed by atoms with E-state index in [1.165, 1.54) is 22.4 Å². The summed E-state index contributed by atoms with van der Waals surface area (Å²) >= 11 is 0. The number of hydrogen-bond donors (Lipinski definition) is 2. The van der Waals surface area contributed by atoms with Crippen molar-refractivity contribution in [2.45, 2.75) is 6.42 Å². The van der Waals surface area contributed by atoms with Crippen molar-refractivity contribution in [2.75, 3.05) is 11.9 Å². The van der Waals surface area contributed by atoms with Gasteiger partial charge in [-0.1, -0.05) is 6.07 Å². The summed E-state index contributed by atoms with van der Waals surface area (Å²) in [6.07, 6.45) is 2.49. The van der Waals surface area contributed by atoms with Crippen molar-refractivity contribution in [3.05, 3.63) is 56.9 Å². The van der Waals surface area contributed by atoms with Crippen LogP contribution in [0.15, 0.2) is 40.1 Å². The quantitative estimate of drug-likeness (QED) is 0.748. The summed E-state index contributed by atoms with van der Waals surface area (Å²) in [7, 11) is 0. The molecule has 0 atom stereocenters. The van der Waals surface area contributed by atoms with Crippen LogP contribution in [0.3, 0.4) is 0 Å². The molecule has 0 saturated carbocycles. The average molecular weight is 229 g/mol. The van der Waals surface area contributed by atoms with Crippen molar-refractivity contribution >= 4 is 5.69 Å². The molecule has 3 rings (SSSR count). The first kappa shape index (κ1) is 9.89. The summed E-state index contributed by atoms with van der Waals surface area (Å²) in [5.41, 5.74) is 2.26. The van der Waals surface area contributed by atoms with Crippen LogP contribution in [0, 0.1) is 0 Å². The minimum Gasteiger partial charge on any atom is -0.384 e. The molecule has 1 aliphatic heterocycles. The van der Waals surface area contributed by atoms with Crippen molar-refractivity contribution in [3.63, 3.8) is 0 Å². The lowest BCUT2D eigenvalue weighted by Gasteiger charge is -2.06. The number of aromatic nitrogens is 2. The molecule has 0 radical (unpaired) electrons. The number of H-pyrrole nitrogens is 1. The van der Waals surface area contributed by atoms with Gasteiger partial charge in [-0.25, -0.2) is 4.79 Å². The predicted molar refractivity (Wildman–Crippen MR) is 64.9 cm³/mol. The lowest BCUT2D eigenvalue weighted by Crippen LogP contribution is -2.27. The Bertz CT molecular complexity index is 685. The maximum absolute atomic E-state index is 11.6. The van der Waals surface area contributed by atoms with Crippen LogP contribution < -0.4 is 16.6 Å². The van der Waals surface area contributed by atoms with Crippen LogP contribution in [0.5, 0.6) is 0 Å². The highest BCUT2D eigenvalue weighted by atomic mass is 16.2. The van der Waals surface area contributed by atoms with E-state index in [1.54, 1.807) is 0 Å². The van der Waals surface area contributed by atoms with Crippen LogP contribution >= 0.6 is 0 Å². The SMILES string of the molecule is O=c1ccn(-c2ccc3c(c2)NCC3)c(=O)[nH]1. The lowest BCUT2D eigenvalue weighted by atomic mass is 10.1. The van der Waals surface area contributed by atoms with E-state index in [1.807, 2.05) is 18.2 Å². The molecule has 0 fully saturated rings. The first-order chi connectivity index (χ1) is 8.24. The Morgan fingerprint density at radius 2 is 2.06 bits per heavy atom. The highest BCUT2D eigenvalue weighted by Crippen LogP contribution is 2.24. The van der Waals surface area contributed by atoms with E-state index >= 15 is 0 Å². The number of hydrogen-bond acceptors (Lipinski definition) is 3. The number of fused-ring (bicyclic) bond motifs is 1. The molecular formula is C12H11N3O2. The highest BCUT2D eigenvalue weighted by molar-refractivity contribution is 5.60. The second kappa shape index (κ2) is 3.62. The molecule has 0 amide bonds. The largest absolute Gasteiger partial charge is 0.384 e. The highest BCUT2D eigenvalue weighted by Gasteiger charge is 2.10. The van der Waals surface area contributed by atoms with E-state index < -0.39 is 5.69 Å². The van der Waals surface area contributed by atoms with Crippen molar-refractivity contribution in [3.8, 4) is 5.69 Å². The summed E-state index contributed by atoms with van der Waals surface area (Å²) in [5.74, 6) is 0. The van der Waals surface area contributed by atoms with Gasteiger partial charge in [0.2, 0.25) is 0 Å². The van der Waals surface area contributed by atoms with Gasteiger partial charge >= 0.3 is 5.69 Å². The van der Waals surface area contributed by atoms with Crippen LogP contribution in [0.2, 0.25) is 0 Å². The van der Waals surface area contributed by atoms with Crippen molar-refractivity contribution < 1.29 is 0 Å². The van der Waals surface area contributed by atoms with Crippen molar-refractivity contribution in [1.29, 1.82) is 0 Å². The molecule has 0 unspecified atom stereocenters. The second-order valence-electron chi connectivity index (χ2n) is 4.00. The van der Waals surface area contributed by atoms with Gasteiger partial charge in [0.05, 0.1) is 5.69 Å². The van der Waals surface area contributed by atoms with Crippen molar-refractivity contribution in [1.82, 2.24) is 9.55 Å². The number of aromatic amines is 1. The molecule has 5 heteroatoms. The van der Waals surface area contributed by atoms with Gasteiger partial charge in [-0.3, -0.25) is 14.3 Å². The van der Waals surface area contributed by atoms with Gasteiger partial charge in [-0.15, -0.1) is 0 Å². The summed E-state index contributed by atoms with van der Waals surface area (Å²) < 4.78 is 1.42. The summed E-state index contributed by atoms with van der Waals surface area (Å²) in [6, 6.07) is 7.14. The monoisotopic (exact) mass is 229 g/mol. The molecule has 2 heterocycles. The zero-order valence-corrected chi connectivity index (χ0v) is 9.06. The summed E-state index contributed by atoms with van der Waals surface area (Å²) in [6.45, 7) is 0.930. The number of rotatable bonds is 1. The first-order valence-electron chi connectivity index (χ1n) is 5.43. The third-order valence-corrected chi connectivity index (χ3v) is 2.91. The third kappa shape index (κ3) is 1.65. The van der Waals surface area contributed by atoms with E-state index in [-0.39, 0.29) is 5.56 Å². The smallest absolute Gasteiger partial charge is 0.332 e. The van der Waals surface area contributed by atoms with Gasteiger partial charge in [-0.2, -0.15) is 0 Å². The molecule has 17 heavy (non-hydrogen) atoms. The molecule has 5 nitrogen and oxygen atoms in total. The van der Waals surface area contributed by atoms with Gasteiger partial charge in [0.1, 0.15) is 0 Å². The van der Waals surface area contributed by atoms with Crippen LogP contribution in [0.1, 0.15) is 5.56 Å². The summed E-state index contributed by atoms with van der Waals surface area (Å²) in [5, 5.41) is 3.25. The maximum Gasteiger partial charge on any atom is 0.332 e. The normalized spacial score (nSPS) is 13.2. The minimum absolute atomic E-state index is 0.384. The van der Waals surface area contributed by atoms with Gasteiger partial charge in [-0.05, 0) is 24.1 Å². The minimum atomic E-state index is -0.421. The van der Waals surface area contributed by atoms with Gasteiger partial charge in [0.25, 0.3) is 5.56 Å². The Balaban J connectivity index is 2.16. The lowest BCUT2D eigenvalue weighted by molar-refractivity contribution is 0.896. The Labute approximate surface area is 96.7 Å². The Kier molecular flexibility index (Phi) is 2.11. The Morgan fingerprint density at radius 3 is 2.88 bits per heavy atom. The Hall–Kier alpha value is -2.30. The zero-order chi connectivity index (χ0) is 11.8. The van der Waals surface area contributed by atoms with Crippen molar-refractivity contribution in [2.24, 2.45) is 0 Å². The number of benzene rings is 1. The maximum atomic E-state index is 11.6. The first-order valence-corrected chi connectivity index (χ1v) is 5.43. The fourth-order valence-electron chi connectivity index (χ4n) is 2.05. The molecule has 0 bridgehead atoms. The number of nitrogens with one attached hydrogen (secondary N) is 2. The standard InChI is InChI=1S/C12H11N3O2/c16-11-4-6-15(12(17)14-11)9-2-1-8-3-5-13-10(8)7-9/h1-2,4,6-7,13H,3,5H2,(H,14,16,17). The molecule has 0 aliphatic carbocycles. The van der Waals surface area contributed by atoms with Gasteiger partial charge in [0, 0.05) is 24.5 Å². The van der Waals surface area contributed by atoms with E-state index in [0.717, 1.165) is 24.3 Å². The molecule has 86 valence electrons. The third-order valence-electron chi connectivity index (χ3n) is 2.91. The van der Waals surface area contributed by atoms with Crippen LogP contribution in [-0.4, -0.2) is 16.1 Å². The number of anilines is 1. The molecule has 0 saturated heterocycles. The van der Waals surface area contributed by atoms with Crippen LogP contribution in [-0.2, 0) is 6.42 Å². The molecule has 2 N–H and O–H groups in total. The van der Waals surface area contributed by atoms with E-state index in [0.29, 0.717) is 0 Å².